The molecule has 1 aromatic rings. The number of carbonyl (C=O) groups excluding carboxylic acids is 1. The van der Waals surface area contributed by atoms with Gasteiger partial charge in [-0.3, -0.25) is 0 Å². The van der Waals surface area contributed by atoms with E-state index >= 15 is 0 Å². The standard InChI is InChI=1S/C20H32N4O3/c1-4-26-20(25)24-11-9-17(10-12-24)23-19(21)22-13-16-5-7-18(8-6-16)27-14-15(2)3/h5-8,15,17H,4,9-14H2,1-3H3,(H3,21,22,23). The number of benzene rings is 1. The molecule has 0 radical (unpaired) electrons. The van der Waals surface area contributed by atoms with E-state index in [4.69, 9.17) is 15.2 Å². The van der Waals surface area contributed by atoms with Gasteiger partial charge in [0.2, 0.25) is 0 Å². The monoisotopic (exact) mass is 376 g/mol. The Bertz CT molecular complexity index is 608. The SMILES string of the molecule is CCOC(=O)N1CCC(NC(N)=NCc2ccc(OCC(C)C)cc2)CC1. The third kappa shape index (κ3) is 7.37. The van der Waals surface area contributed by atoms with Crippen LogP contribution in [0.25, 0.3) is 0 Å². The molecule has 0 unspecified atom stereocenters. The molecule has 0 atom stereocenters. The van der Waals surface area contributed by atoms with Crippen molar-refractivity contribution >= 4 is 12.1 Å². The van der Waals surface area contributed by atoms with Crippen LogP contribution in [0.15, 0.2) is 29.3 Å². The minimum atomic E-state index is -0.238. The van der Waals surface area contributed by atoms with Crippen molar-refractivity contribution in [3.05, 3.63) is 29.8 Å². The van der Waals surface area contributed by atoms with E-state index in [-0.39, 0.29) is 12.1 Å². The molecule has 0 aromatic heterocycles. The van der Waals surface area contributed by atoms with E-state index in [9.17, 15) is 4.79 Å². The van der Waals surface area contributed by atoms with Crippen LogP contribution < -0.4 is 15.8 Å². The number of hydrogen-bond acceptors (Lipinski definition) is 4. The van der Waals surface area contributed by atoms with Gasteiger partial charge >= 0.3 is 6.09 Å². The molecule has 1 aliphatic heterocycles. The molecule has 1 aromatic carbocycles. The molecule has 3 N–H and O–H groups in total. The number of nitrogens with zero attached hydrogens (tertiary/aromatic N) is 2. The first-order valence-corrected chi connectivity index (χ1v) is 9.67. The van der Waals surface area contributed by atoms with Gasteiger partial charge in [-0.25, -0.2) is 9.79 Å². The van der Waals surface area contributed by atoms with E-state index in [1.165, 1.54) is 0 Å². The quantitative estimate of drug-likeness (QED) is 0.564. The molecule has 1 saturated heterocycles. The molecule has 2 rings (SSSR count). The van der Waals surface area contributed by atoms with Gasteiger partial charge in [0.1, 0.15) is 5.75 Å². The molecule has 27 heavy (non-hydrogen) atoms. The van der Waals surface area contributed by atoms with Crippen molar-refractivity contribution in [3.63, 3.8) is 0 Å². The van der Waals surface area contributed by atoms with Gasteiger partial charge in [-0.2, -0.15) is 0 Å². The Hall–Kier alpha value is -2.44. The largest absolute Gasteiger partial charge is 0.493 e. The molecule has 1 fully saturated rings. The fourth-order valence-corrected chi connectivity index (χ4v) is 2.81. The summed E-state index contributed by atoms with van der Waals surface area (Å²) < 4.78 is 10.7. The zero-order valence-corrected chi connectivity index (χ0v) is 16.6. The zero-order chi connectivity index (χ0) is 19.6. The summed E-state index contributed by atoms with van der Waals surface area (Å²) in [6.45, 7) is 9.04. The van der Waals surface area contributed by atoms with Crippen molar-refractivity contribution in [1.29, 1.82) is 0 Å². The molecule has 7 nitrogen and oxygen atoms in total. The normalized spacial score (nSPS) is 15.7. The van der Waals surface area contributed by atoms with Crippen LogP contribution in [0.5, 0.6) is 5.75 Å². The predicted molar refractivity (Wildman–Crippen MR) is 107 cm³/mol. The van der Waals surface area contributed by atoms with Crippen LogP contribution in [0.3, 0.4) is 0 Å². The van der Waals surface area contributed by atoms with Gasteiger partial charge in [-0.05, 0) is 43.4 Å². The van der Waals surface area contributed by atoms with Gasteiger partial charge < -0.3 is 25.4 Å². The van der Waals surface area contributed by atoms with E-state index in [0.29, 0.717) is 44.7 Å². The lowest BCUT2D eigenvalue weighted by Gasteiger charge is -2.31. The first kappa shape index (κ1) is 20.9. The summed E-state index contributed by atoms with van der Waals surface area (Å²) in [5.74, 6) is 1.81. The Kier molecular flexibility index (Phi) is 8.23. The number of nitrogens with two attached hydrogens (primary N) is 1. The summed E-state index contributed by atoms with van der Waals surface area (Å²) in [4.78, 5) is 17.9. The highest BCUT2D eigenvalue weighted by molar-refractivity contribution is 5.78. The van der Waals surface area contributed by atoms with Gasteiger partial charge in [0.05, 0.1) is 19.8 Å². The third-order valence-corrected chi connectivity index (χ3v) is 4.31. The second kappa shape index (κ2) is 10.6. The van der Waals surface area contributed by atoms with Crippen LogP contribution >= 0.6 is 0 Å². The van der Waals surface area contributed by atoms with Gasteiger partial charge in [0, 0.05) is 19.1 Å². The molecular formula is C20H32N4O3. The molecule has 1 heterocycles. The van der Waals surface area contributed by atoms with Crippen molar-refractivity contribution < 1.29 is 14.3 Å². The maximum Gasteiger partial charge on any atom is 0.409 e. The number of carbonyl (C=O) groups is 1. The number of piperidine rings is 1. The minimum absolute atomic E-state index is 0.228. The summed E-state index contributed by atoms with van der Waals surface area (Å²) in [6, 6.07) is 8.16. The lowest BCUT2D eigenvalue weighted by Crippen LogP contribution is -2.48. The van der Waals surface area contributed by atoms with Crippen LogP contribution in [-0.2, 0) is 11.3 Å². The highest BCUT2D eigenvalue weighted by atomic mass is 16.6. The fraction of sp³-hybridized carbons (Fsp3) is 0.600. The van der Waals surface area contributed by atoms with E-state index in [2.05, 4.69) is 24.2 Å². The number of likely N-dealkylation sites (tertiary alicyclic amines) is 1. The minimum Gasteiger partial charge on any atom is -0.493 e. The van der Waals surface area contributed by atoms with Crippen LogP contribution in [0, 0.1) is 5.92 Å². The Morgan fingerprint density at radius 2 is 1.96 bits per heavy atom. The van der Waals surface area contributed by atoms with Crippen LogP contribution in [0.1, 0.15) is 39.2 Å². The molecule has 0 spiro atoms. The van der Waals surface area contributed by atoms with Crippen molar-refractivity contribution in [1.82, 2.24) is 10.2 Å². The molecular weight excluding hydrogens is 344 g/mol. The van der Waals surface area contributed by atoms with Gasteiger partial charge in [0.25, 0.3) is 0 Å². The Morgan fingerprint density at radius 3 is 2.56 bits per heavy atom. The zero-order valence-electron chi connectivity index (χ0n) is 16.6. The molecule has 150 valence electrons. The summed E-state index contributed by atoms with van der Waals surface area (Å²) in [6.07, 6.45) is 1.42. The first-order valence-electron chi connectivity index (χ1n) is 9.67. The van der Waals surface area contributed by atoms with Gasteiger partial charge in [0.15, 0.2) is 5.96 Å². The Balaban J connectivity index is 1.74. The second-order valence-electron chi connectivity index (χ2n) is 7.15. The number of ether oxygens (including phenoxy) is 2. The number of hydrogen-bond donors (Lipinski definition) is 2. The molecule has 0 aliphatic carbocycles. The number of amides is 1. The van der Waals surface area contributed by atoms with Crippen molar-refractivity contribution in [2.75, 3.05) is 26.3 Å². The van der Waals surface area contributed by atoms with Crippen molar-refractivity contribution in [2.45, 2.75) is 46.2 Å². The molecule has 1 amide bonds. The average Bonchev–Trinajstić information content (AvgIpc) is 2.66. The number of nitrogens with one attached hydrogen (secondary N) is 1. The predicted octanol–water partition coefficient (Wildman–Crippen LogP) is 2.75. The fourth-order valence-electron chi connectivity index (χ4n) is 2.81. The highest BCUT2D eigenvalue weighted by Crippen LogP contribution is 2.14. The van der Waals surface area contributed by atoms with E-state index in [0.717, 1.165) is 24.2 Å². The van der Waals surface area contributed by atoms with Crippen LogP contribution in [0.4, 0.5) is 4.79 Å². The van der Waals surface area contributed by atoms with Crippen molar-refractivity contribution in [3.8, 4) is 5.75 Å². The average molecular weight is 377 g/mol. The summed E-state index contributed by atoms with van der Waals surface area (Å²) in [7, 11) is 0. The second-order valence-corrected chi connectivity index (χ2v) is 7.15. The number of guanidine groups is 1. The van der Waals surface area contributed by atoms with E-state index in [1.807, 2.05) is 31.2 Å². The molecule has 0 bridgehead atoms. The molecule has 1 aliphatic rings. The van der Waals surface area contributed by atoms with E-state index in [1.54, 1.807) is 4.90 Å². The maximum atomic E-state index is 11.7. The molecule has 0 saturated carbocycles. The van der Waals surface area contributed by atoms with Crippen LogP contribution in [0.2, 0.25) is 0 Å². The Labute approximate surface area is 161 Å². The highest BCUT2D eigenvalue weighted by Gasteiger charge is 2.23. The first-order chi connectivity index (χ1) is 13.0. The lowest BCUT2D eigenvalue weighted by molar-refractivity contribution is 0.0963. The maximum absolute atomic E-state index is 11.7. The van der Waals surface area contributed by atoms with Crippen LogP contribution in [-0.4, -0.2) is 49.3 Å². The van der Waals surface area contributed by atoms with Gasteiger partial charge in [-0.15, -0.1) is 0 Å². The number of aliphatic imine (C=N–C) groups is 1. The molecule has 7 heteroatoms. The number of rotatable bonds is 7. The summed E-state index contributed by atoms with van der Waals surface area (Å²) in [5.41, 5.74) is 7.09. The topological polar surface area (TPSA) is 89.2 Å². The summed E-state index contributed by atoms with van der Waals surface area (Å²) in [5, 5.41) is 3.25. The van der Waals surface area contributed by atoms with E-state index < -0.39 is 0 Å². The van der Waals surface area contributed by atoms with Crippen molar-refractivity contribution in [2.24, 2.45) is 16.6 Å². The van der Waals surface area contributed by atoms with Gasteiger partial charge in [-0.1, -0.05) is 26.0 Å². The Morgan fingerprint density at radius 1 is 1.30 bits per heavy atom. The summed E-state index contributed by atoms with van der Waals surface area (Å²) >= 11 is 0. The third-order valence-electron chi connectivity index (χ3n) is 4.31. The lowest BCUT2D eigenvalue weighted by atomic mass is 10.1. The smallest absolute Gasteiger partial charge is 0.409 e.